The van der Waals surface area contributed by atoms with Gasteiger partial charge in [0, 0.05) is 19.7 Å². The molecule has 116 valence electrons. The van der Waals surface area contributed by atoms with E-state index >= 15 is 0 Å². The van der Waals surface area contributed by atoms with Crippen LogP contribution in [0.25, 0.3) is 0 Å². The molecular formula is C12H22N2O6. The minimum atomic E-state index is -1.45. The van der Waals surface area contributed by atoms with Crippen molar-refractivity contribution in [2.75, 3.05) is 20.3 Å². The van der Waals surface area contributed by atoms with Crippen molar-refractivity contribution in [1.29, 1.82) is 0 Å². The lowest BCUT2D eigenvalue weighted by molar-refractivity contribution is -0.145. The molecule has 0 saturated heterocycles. The molecule has 0 aliphatic rings. The number of ether oxygens (including phenoxy) is 1. The van der Waals surface area contributed by atoms with E-state index in [0.29, 0.717) is 19.6 Å². The summed E-state index contributed by atoms with van der Waals surface area (Å²) in [7, 11) is 1.50. The van der Waals surface area contributed by atoms with Crippen molar-refractivity contribution in [1.82, 2.24) is 10.2 Å². The molecule has 8 nitrogen and oxygen atoms in total. The molecule has 2 amide bonds. The van der Waals surface area contributed by atoms with Gasteiger partial charge in [-0.1, -0.05) is 6.92 Å². The number of amides is 2. The summed E-state index contributed by atoms with van der Waals surface area (Å²) in [6, 6.07) is -2.16. The first-order valence-electron chi connectivity index (χ1n) is 6.34. The van der Waals surface area contributed by atoms with E-state index in [1.807, 2.05) is 13.8 Å². The normalized spacial score (nSPS) is 13.3. The maximum atomic E-state index is 12.0. The summed E-state index contributed by atoms with van der Waals surface area (Å²) < 4.78 is 4.90. The van der Waals surface area contributed by atoms with Crippen LogP contribution in [0.1, 0.15) is 26.7 Å². The summed E-state index contributed by atoms with van der Waals surface area (Å²) in [5.41, 5.74) is 0. The SMILES string of the molecule is CCC(C)N(CCOC)C(=O)N[C@@H](CC(=O)O)C(=O)O. The zero-order chi connectivity index (χ0) is 15.7. The number of nitrogens with one attached hydrogen (secondary N) is 1. The van der Waals surface area contributed by atoms with Crippen LogP contribution < -0.4 is 5.32 Å². The Labute approximate surface area is 117 Å². The molecule has 2 atom stereocenters. The largest absolute Gasteiger partial charge is 0.481 e. The Morgan fingerprint density at radius 3 is 2.30 bits per heavy atom. The van der Waals surface area contributed by atoms with Gasteiger partial charge in [-0.15, -0.1) is 0 Å². The topological polar surface area (TPSA) is 116 Å². The van der Waals surface area contributed by atoms with Gasteiger partial charge in [0.25, 0.3) is 0 Å². The number of carbonyl (C=O) groups excluding carboxylic acids is 1. The zero-order valence-electron chi connectivity index (χ0n) is 12.0. The van der Waals surface area contributed by atoms with Crippen LogP contribution in [0.4, 0.5) is 4.79 Å². The van der Waals surface area contributed by atoms with Crippen molar-refractivity contribution in [3.63, 3.8) is 0 Å². The lowest BCUT2D eigenvalue weighted by Crippen LogP contribution is -2.52. The zero-order valence-corrected chi connectivity index (χ0v) is 12.0. The van der Waals surface area contributed by atoms with Crippen LogP contribution in [0.2, 0.25) is 0 Å². The third-order valence-corrected chi connectivity index (χ3v) is 2.89. The van der Waals surface area contributed by atoms with Crippen molar-refractivity contribution >= 4 is 18.0 Å². The Hall–Kier alpha value is -1.83. The Bertz CT molecular complexity index is 347. The molecule has 0 fully saturated rings. The lowest BCUT2D eigenvalue weighted by Gasteiger charge is -2.29. The Morgan fingerprint density at radius 2 is 1.90 bits per heavy atom. The third kappa shape index (κ3) is 6.37. The molecule has 1 unspecified atom stereocenters. The molecule has 8 heteroatoms. The number of hydrogen-bond donors (Lipinski definition) is 3. The van der Waals surface area contributed by atoms with E-state index in [2.05, 4.69) is 5.32 Å². The number of urea groups is 1. The van der Waals surface area contributed by atoms with Crippen LogP contribution in [0.5, 0.6) is 0 Å². The number of carboxylic acids is 2. The first-order chi connectivity index (χ1) is 9.33. The maximum Gasteiger partial charge on any atom is 0.326 e. The Morgan fingerprint density at radius 1 is 1.30 bits per heavy atom. The second-order valence-corrected chi connectivity index (χ2v) is 4.38. The Balaban J connectivity index is 4.77. The predicted molar refractivity (Wildman–Crippen MR) is 70.5 cm³/mol. The molecule has 0 aromatic heterocycles. The van der Waals surface area contributed by atoms with Gasteiger partial charge < -0.3 is 25.2 Å². The molecule has 0 aromatic carbocycles. The van der Waals surface area contributed by atoms with Crippen molar-refractivity contribution in [2.45, 2.75) is 38.8 Å². The number of methoxy groups -OCH3 is 1. The molecular weight excluding hydrogens is 268 g/mol. The van der Waals surface area contributed by atoms with Crippen LogP contribution in [-0.4, -0.2) is 65.4 Å². The van der Waals surface area contributed by atoms with Gasteiger partial charge in [-0.3, -0.25) is 4.79 Å². The van der Waals surface area contributed by atoms with E-state index in [-0.39, 0.29) is 6.04 Å². The highest BCUT2D eigenvalue weighted by atomic mass is 16.5. The number of hydrogen-bond acceptors (Lipinski definition) is 4. The van der Waals surface area contributed by atoms with E-state index in [4.69, 9.17) is 14.9 Å². The molecule has 20 heavy (non-hydrogen) atoms. The quantitative estimate of drug-likeness (QED) is 0.565. The average molecular weight is 290 g/mol. The molecule has 0 radical (unpaired) electrons. The fourth-order valence-corrected chi connectivity index (χ4v) is 1.54. The van der Waals surface area contributed by atoms with Crippen LogP contribution in [0.15, 0.2) is 0 Å². The molecule has 3 N–H and O–H groups in total. The standard InChI is InChI=1S/C12H22N2O6/c1-4-8(2)14(5-6-20-3)12(19)13-9(11(17)18)7-10(15)16/h8-9H,4-7H2,1-3H3,(H,13,19)(H,15,16)(H,17,18)/t8?,9-/m0/s1. The summed E-state index contributed by atoms with van der Waals surface area (Å²) in [5.74, 6) is -2.67. The van der Waals surface area contributed by atoms with Gasteiger partial charge in [-0.25, -0.2) is 9.59 Å². The van der Waals surface area contributed by atoms with Crippen molar-refractivity contribution in [3.8, 4) is 0 Å². The molecule has 0 aliphatic carbocycles. The number of carboxylic acid groups (broad SMARTS) is 2. The molecule has 0 bridgehead atoms. The van der Waals surface area contributed by atoms with Crippen LogP contribution in [-0.2, 0) is 14.3 Å². The second-order valence-electron chi connectivity index (χ2n) is 4.38. The van der Waals surface area contributed by atoms with Gasteiger partial charge in [-0.2, -0.15) is 0 Å². The fraction of sp³-hybridized carbons (Fsp3) is 0.750. The van der Waals surface area contributed by atoms with Gasteiger partial charge in [-0.05, 0) is 13.3 Å². The van der Waals surface area contributed by atoms with E-state index in [1.54, 1.807) is 0 Å². The highest BCUT2D eigenvalue weighted by molar-refractivity contribution is 5.86. The van der Waals surface area contributed by atoms with Crippen molar-refractivity contribution < 1.29 is 29.3 Å². The monoisotopic (exact) mass is 290 g/mol. The highest BCUT2D eigenvalue weighted by Crippen LogP contribution is 2.05. The minimum absolute atomic E-state index is 0.107. The number of nitrogens with zero attached hydrogens (tertiary/aromatic N) is 1. The maximum absolute atomic E-state index is 12.0. The van der Waals surface area contributed by atoms with Crippen molar-refractivity contribution in [2.24, 2.45) is 0 Å². The highest BCUT2D eigenvalue weighted by Gasteiger charge is 2.27. The molecule has 0 spiro atoms. The first-order valence-corrected chi connectivity index (χ1v) is 6.34. The first kappa shape index (κ1) is 18.2. The lowest BCUT2D eigenvalue weighted by atomic mass is 10.2. The fourth-order valence-electron chi connectivity index (χ4n) is 1.54. The Kier molecular flexibility index (Phi) is 8.30. The van der Waals surface area contributed by atoms with Crippen LogP contribution in [0.3, 0.4) is 0 Å². The van der Waals surface area contributed by atoms with Gasteiger partial charge in [0.2, 0.25) is 0 Å². The smallest absolute Gasteiger partial charge is 0.326 e. The van der Waals surface area contributed by atoms with Gasteiger partial charge >= 0.3 is 18.0 Å². The van der Waals surface area contributed by atoms with E-state index in [0.717, 1.165) is 0 Å². The molecule has 0 saturated carbocycles. The van der Waals surface area contributed by atoms with Crippen LogP contribution in [0, 0.1) is 0 Å². The van der Waals surface area contributed by atoms with Gasteiger partial charge in [0.15, 0.2) is 0 Å². The summed E-state index contributed by atoms with van der Waals surface area (Å²) >= 11 is 0. The summed E-state index contributed by atoms with van der Waals surface area (Å²) in [6.45, 7) is 4.33. The van der Waals surface area contributed by atoms with Gasteiger partial charge in [0.1, 0.15) is 6.04 Å². The van der Waals surface area contributed by atoms with Gasteiger partial charge in [0.05, 0.1) is 13.0 Å². The minimum Gasteiger partial charge on any atom is -0.481 e. The molecule has 0 aromatic rings. The number of rotatable bonds is 9. The van der Waals surface area contributed by atoms with Crippen LogP contribution >= 0.6 is 0 Å². The predicted octanol–water partition coefficient (Wildman–Crippen LogP) is 0.371. The second kappa shape index (κ2) is 9.13. The molecule has 0 heterocycles. The molecule has 0 aliphatic heterocycles. The molecule has 0 rings (SSSR count). The third-order valence-electron chi connectivity index (χ3n) is 2.89. The number of carbonyl (C=O) groups is 3. The summed E-state index contributed by atoms with van der Waals surface area (Å²) in [5, 5.41) is 19.8. The van der Waals surface area contributed by atoms with E-state index < -0.39 is 30.4 Å². The van der Waals surface area contributed by atoms with E-state index in [9.17, 15) is 14.4 Å². The number of aliphatic carboxylic acids is 2. The summed E-state index contributed by atoms with van der Waals surface area (Å²) in [4.78, 5) is 35.0. The van der Waals surface area contributed by atoms with Crippen molar-refractivity contribution in [3.05, 3.63) is 0 Å². The van der Waals surface area contributed by atoms with E-state index in [1.165, 1.54) is 12.0 Å². The summed E-state index contributed by atoms with van der Waals surface area (Å²) in [6.07, 6.45) is 0.0213. The average Bonchev–Trinajstić information content (AvgIpc) is 2.37.